The molecule has 1 aliphatic carbocycles. The fraction of sp³-hybridized carbons (Fsp3) is 0.393. The zero-order chi connectivity index (χ0) is 24.9. The van der Waals surface area contributed by atoms with Gasteiger partial charge >= 0.3 is 0 Å². The summed E-state index contributed by atoms with van der Waals surface area (Å²) >= 11 is 0. The minimum Gasteiger partial charge on any atom is -0.394 e. The molecule has 1 aliphatic rings. The molecule has 0 bridgehead atoms. The lowest BCUT2D eigenvalue weighted by atomic mass is 9.63. The van der Waals surface area contributed by atoms with Gasteiger partial charge in [-0.15, -0.1) is 0 Å². The highest BCUT2D eigenvalue weighted by Crippen LogP contribution is 2.46. The van der Waals surface area contributed by atoms with Gasteiger partial charge < -0.3 is 10.2 Å². The van der Waals surface area contributed by atoms with Gasteiger partial charge in [-0.1, -0.05) is 58.0 Å². The van der Waals surface area contributed by atoms with Crippen LogP contribution >= 0.6 is 0 Å². The molecule has 0 saturated heterocycles. The smallest absolute Gasteiger partial charge is 0.193 e. The van der Waals surface area contributed by atoms with E-state index in [2.05, 4.69) is 33.8 Å². The van der Waals surface area contributed by atoms with Crippen LogP contribution in [-0.2, 0) is 20.7 Å². The van der Waals surface area contributed by atoms with Crippen molar-refractivity contribution in [2.75, 3.05) is 12.4 Å². The maximum Gasteiger partial charge on any atom is 0.193 e. The van der Waals surface area contributed by atoms with E-state index in [-0.39, 0.29) is 21.5 Å². The van der Waals surface area contributed by atoms with Gasteiger partial charge in [-0.2, -0.15) is 0 Å². The first kappa shape index (κ1) is 24.6. The molecule has 0 radical (unpaired) electrons. The van der Waals surface area contributed by atoms with Crippen LogP contribution in [0.3, 0.4) is 0 Å². The molecule has 0 aromatic heterocycles. The third-order valence-corrected chi connectivity index (χ3v) is 8.97. The van der Waals surface area contributed by atoms with Crippen LogP contribution in [0.2, 0.25) is 0 Å². The highest BCUT2D eigenvalue weighted by molar-refractivity contribution is 7.91. The van der Waals surface area contributed by atoms with Crippen molar-refractivity contribution in [1.29, 1.82) is 0 Å². The molecule has 1 unspecified atom stereocenters. The lowest BCUT2D eigenvalue weighted by Gasteiger charge is -2.42. The van der Waals surface area contributed by atoms with Gasteiger partial charge in [0, 0.05) is 11.1 Å². The average molecular weight is 481 g/mol. The Hall–Kier alpha value is -2.54. The van der Waals surface area contributed by atoms with Crippen LogP contribution in [0, 0.1) is 0 Å². The van der Waals surface area contributed by atoms with Crippen molar-refractivity contribution < 1.29 is 23.4 Å². The summed E-state index contributed by atoms with van der Waals surface area (Å²) in [7, 11) is -3.74. The highest BCUT2D eigenvalue weighted by Gasteiger charge is 2.37. The second kappa shape index (κ2) is 8.59. The van der Waals surface area contributed by atoms with Gasteiger partial charge in [-0.05, 0) is 69.8 Å². The Balaban J connectivity index is 1.68. The summed E-state index contributed by atoms with van der Waals surface area (Å²) in [6.45, 7) is 8.36. The number of fused-ring (bicyclic) bond motifs is 2. The minimum absolute atomic E-state index is 0.00994. The van der Waals surface area contributed by atoms with Crippen LogP contribution in [0.4, 0.5) is 0 Å². The lowest BCUT2D eigenvalue weighted by Crippen LogP contribution is -2.34. The van der Waals surface area contributed by atoms with Gasteiger partial charge in [-0.25, -0.2) is 8.42 Å². The van der Waals surface area contributed by atoms with E-state index < -0.39 is 28.3 Å². The predicted molar refractivity (Wildman–Crippen MR) is 134 cm³/mol. The number of rotatable bonds is 6. The maximum absolute atomic E-state index is 13.4. The van der Waals surface area contributed by atoms with Crippen LogP contribution in [0.1, 0.15) is 67.6 Å². The molecule has 3 aromatic rings. The number of hydrogen-bond acceptors (Lipinski definition) is 5. The Morgan fingerprint density at radius 2 is 1.41 bits per heavy atom. The summed E-state index contributed by atoms with van der Waals surface area (Å²) in [6.07, 6.45) is 0.857. The van der Waals surface area contributed by atoms with E-state index in [0.717, 1.165) is 18.2 Å². The first-order chi connectivity index (χ1) is 15.8. The Morgan fingerprint density at radius 3 is 2.09 bits per heavy atom. The first-order valence-electron chi connectivity index (χ1n) is 11.6. The number of sulfone groups is 1. The molecule has 0 aliphatic heterocycles. The second-order valence-electron chi connectivity index (χ2n) is 10.7. The van der Waals surface area contributed by atoms with E-state index in [1.165, 1.54) is 23.3 Å². The molecule has 0 spiro atoms. The monoisotopic (exact) mass is 480 g/mol. The topological polar surface area (TPSA) is 91.7 Å². The van der Waals surface area contributed by atoms with Crippen molar-refractivity contribution in [1.82, 2.24) is 0 Å². The quantitative estimate of drug-likeness (QED) is 0.505. The minimum atomic E-state index is -3.74. The number of aliphatic hydroxyl groups is 2. The molecule has 34 heavy (non-hydrogen) atoms. The largest absolute Gasteiger partial charge is 0.394 e. The molecule has 5 nitrogen and oxygen atoms in total. The molecule has 0 saturated carbocycles. The summed E-state index contributed by atoms with van der Waals surface area (Å²) < 4.78 is 25.0. The van der Waals surface area contributed by atoms with Crippen LogP contribution in [-0.4, -0.2) is 42.9 Å². The molecule has 1 atom stereocenters. The Kier molecular flexibility index (Phi) is 6.21. The maximum atomic E-state index is 13.4. The van der Waals surface area contributed by atoms with Gasteiger partial charge in [0.05, 0.1) is 23.4 Å². The molecular weight excluding hydrogens is 448 g/mol. The van der Waals surface area contributed by atoms with Gasteiger partial charge in [0.15, 0.2) is 15.6 Å². The zero-order valence-corrected chi connectivity index (χ0v) is 20.9. The number of aliphatic hydroxyl groups excluding tert-OH is 2. The predicted octanol–water partition coefficient (Wildman–Crippen LogP) is 4.55. The standard InChI is InChI=1S/C28H32O5S/c1-27(2)11-12-28(3,4)25-15-21(8-10-24(25)27)26(31)20-6-5-19-14-23(9-7-18(19)13-20)34(32,33)17-22(30)16-29/h5-10,13-15,22,29-30H,11-12,16-17H2,1-4H3. The molecule has 6 heteroatoms. The van der Waals surface area contributed by atoms with Crippen molar-refractivity contribution >= 4 is 26.4 Å². The van der Waals surface area contributed by atoms with Gasteiger partial charge in [-0.3, -0.25) is 4.79 Å². The SMILES string of the molecule is CC1(C)CCC(C)(C)c2cc(C(=O)c3ccc4cc(S(=O)(=O)CC(O)CO)ccc4c3)ccc21. The number of hydrogen-bond donors (Lipinski definition) is 2. The summed E-state index contributed by atoms with van der Waals surface area (Å²) in [4.78, 5) is 13.5. The zero-order valence-electron chi connectivity index (χ0n) is 20.1. The number of carbonyl (C=O) groups is 1. The van der Waals surface area contributed by atoms with Crippen molar-refractivity contribution in [3.63, 3.8) is 0 Å². The molecular formula is C28H32O5S. The van der Waals surface area contributed by atoms with E-state index in [1.807, 2.05) is 12.1 Å². The highest BCUT2D eigenvalue weighted by atomic mass is 32.2. The Labute approximate surface area is 201 Å². The molecule has 0 fully saturated rings. The van der Waals surface area contributed by atoms with E-state index in [0.29, 0.717) is 16.5 Å². The molecule has 0 amide bonds. The summed E-state index contributed by atoms with van der Waals surface area (Å²) in [5.74, 6) is -0.608. The molecule has 4 rings (SSSR count). The average Bonchev–Trinajstić information content (AvgIpc) is 2.80. The number of benzene rings is 3. The van der Waals surface area contributed by atoms with Crippen molar-refractivity contribution in [3.05, 3.63) is 76.9 Å². The Bertz CT molecular complexity index is 1370. The van der Waals surface area contributed by atoms with E-state index in [1.54, 1.807) is 24.3 Å². The van der Waals surface area contributed by atoms with Crippen molar-refractivity contribution in [2.24, 2.45) is 0 Å². The van der Waals surface area contributed by atoms with Crippen LogP contribution in [0.25, 0.3) is 10.8 Å². The first-order valence-corrected chi connectivity index (χ1v) is 13.2. The van der Waals surface area contributed by atoms with Crippen LogP contribution in [0.5, 0.6) is 0 Å². The van der Waals surface area contributed by atoms with E-state index >= 15 is 0 Å². The fourth-order valence-corrected chi connectivity index (χ4v) is 6.24. The van der Waals surface area contributed by atoms with E-state index in [9.17, 15) is 18.3 Å². The second-order valence-corrected chi connectivity index (χ2v) is 12.7. The molecule has 0 heterocycles. The van der Waals surface area contributed by atoms with Gasteiger partial charge in [0.25, 0.3) is 0 Å². The molecule has 2 N–H and O–H groups in total. The third kappa shape index (κ3) is 4.54. The van der Waals surface area contributed by atoms with Crippen molar-refractivity contribution in [3.8, 4) is 0 Å². The number of ketones is 1. The third-order valence-electron chi connectivity index (χ3n) is 7.17. The van der Waals surface area contributed by atoms with E-state index in [4.69, 9.17) is 5.11 Å². The number of carbonyl (C=O) groups excluding carboxylic acids is 1. The Morgan fingerprint density at radius 1 is 0.853 bits per heavy atom. The normalized spacial score (nSPS) is 17.8. The van der Waals surface area contributed by atoms with Crippen LogP contribution < -0.4 is 0 Å². The lowest BCUT2D eigenvalue weighted by molar-refractivity contribution is 0.103. The molecule has 3 aromatic carbocycles. The summed E-state index contributed by atoms with van der Waals surface area (Å²) in [5.41, 5.74) is 3.83. The fourth-order valence-electron chi connectivity index (χ4n) is 4.86. The van der Waals surface area contributed by atoms with Gasteiger partial charge in [0.2, 0.25) is 0 Å². The van der Waals surface area contributed by atoms with Crippen molar-refractivity contribution in [2.45, 2.75) is 62.4 Å². The summed E-state index contributed by atoms with van der Waals surface area (Å²) in [6, 6.07) is 16.0. The van der Waals surface area contributed by atoms with Gasteiger partial charge in [0.1, 0.15) is 0 Å². The molecule has 180 valence electrons. The van der Waals surface area contributed by atoms with Crippen LogP contribution in [0.15, 0.2) is 59.5 Å². The summed E-state index contributed by atoms with van der Waals surface area (Å²) in [5, 5.41) is 19.9.